The summed E-state index contributed by atoms with van der Waals surface area (Å²) < 4.78 is 1.85. The van der Waals surface area contributed by atoms with Crippen LogP contribution in [0.4, 0.5) is 11.4 Å². The fraction of sp³-hybridized carbons (Fsp3) is 0.333. The molecule has 0 saturated carbocycles. The number of nitrogens with one attached hydrogen (secondary N) is 1. The molecule has 1 aliphatic heterocycles. The van der Waals surface area contributed by atoms with Crippen LogP contribution in [0.3, 0.4) is 0 Å². The smallest absolute Gasteiger partial charge is 0.255 e. The Balaban J connectivity index is 1.42. The molecule has 1 aromatic heterocycles. The van der Waals surface area contributed by atoms with Crippen LogP contribution in [0, 0.1) is 13.8 Å². The minimum atomic E-state index is -0.105. The molecular weight excluding hydrogens is 374 g/mol. The Labute approximate surface area is 178 Å². The molecule has 3 aromatic rings. The van der Waals surface area contributed by atoms with Gasteiger partial charge in [-0.25, -0.2) is 4.68 Å². The summed E-state index contributed by atoms with van der Waals surface area (Å²) in [6.07, 6.45) is 1.77. The van der Waals surface area contributed by atoms with Crippen LogP contribution >= 0.6 is 0 Å². The number of likely N-dealkylation sites (N-methyl/N-ethyl adjacent to an activating group) is 1. The lowest BCUT2D eigenvalue weighted by Crippen LogP contribution is -2.46. The van der Waals surface area contributed by atoms with Gasteiger partial charge in [-0.05, 0) is 74.5 Å². The first-order valence-corrected chi connectivity index (χ1v) is 10.6. The molecule has 0 bridgehead atoms. The Bertz CT molecular complexity index is 1020. The van der Waals surface area contributed by atoms with Gasteiger partial charge in [0.05, 0.1) is 5.69 Å². The maximum absolute atomic E-state index is 12.7. The minimum absolute atomic E-state index is 0.105. The molecule has 1 saturated heterocycles. The van der Waals surface area contributed by atoms with Crippen LogP contribution in [0.1, 0.15) is 28.5 Å². The van der Waals surface area contributed by atoms with Crippen molar-refractivity contribution in [3.8, 4) is 5.69 Å². The molecule has 6 heteroatoms. The summed E-state index contributed by atoms with van der Waals surface area (Å²) in [5.74, 6) is -0.105. The number of benzene rings is 2. The number of amides is 1. The maximum atomic E-state index is 12.7. The lowest BCUT2D eigenvalue weighted by atomic mass is 10.1. The zero-order chi connectivity index (χ0) is 21.1. The third kappa shape index (κ3) is 4.24. The van der Waals surface area contributed by atoms with Gasteiger partial charge in [0.25, 0.3) is 5.91 Å². The number of nitrogens with zero attached hydrogens (tertiary/aromatic N) is 4. The average molecular weight is 404 g/mol. The fourth-order valence-electron chi connectivity index (χ4n) is 3.90. The summed E-state index contributed by atoms with van der Waals surface area (Å²) in [6, 6.07) is 15.7. The Kier molecular flexibility index (Phi) is 5.86. The van der Waals surface area contributed by atoms with Crippen LogP contribution in [0.5, 0.6) is 0 Å². The first-order valence-electron chi connectivity index (χ1n) is 10.6. The zero-order valence-corrected chi connectivity index (χ0v) is 17.9. The van der Waals surface area contributed by atoms with Crippen LogP contribution in [-0.4, -0.2) is 53.3 Å². The van der Waals surface area contributed by atoms with E-state index >= 15 is 0 Å². The molecule has 6 nitrogen and oxygen atoms in total. The van der Waals surface area contributed by atoms with Gasteiger partial charge in [-0.3, -0.25) is 4.79 Å². The lowest BCUT2D eigenvalue weighted by Gasteiger charge is -2.35. The number of carbonyl (C=O) groups is 1. The average Bonchev–Trinajstić information content (AvgIpc) is 3.21. The highest BCUT2D eigenvalue weighted by atomic mass is 16.1. The standard InChI is InChI=1S/C24H29N5O/c1-4-27-13-15-28(16-14-27)22-9-10-23(18(2)17-22)26-24(30)20-5-7-21(8-6-20)29-19(3)11-12-25-29/h5-12,17H,4,13-16H2,1-3H3,(H,26,30). The molecule has 1 N–H and O–H groups in total. The highest BCUT2D eigenvalue weighted by Crippen LogP contribution is 2.24. The molecule has 2 aromatic carbocycles. The molecule has 30 heavy (non-hydrogen) atoms. The van der Waals surface area contributed by atoms with Crippen LogP contribution < -0.4 is 10.2 Å². The molecule has 156 valence electrons. The van der Waals surface area contributed by atoms with E-state index in [2.05, 4.69) is 39.3 Å². The van der Waals surface area contributed by atoms with Crippen LogP contribution in [0.2, 0.25) is 0 Å². The van der Waals surface area contributed by atoms with E-state index in [0.29, 0.717) is 5.56 Å². The summed E-state index contributed by atoms with van der Waals surface area (Å²) in [4.78, 5) is 17.6. The van der Waals surface area contributed by atoms with Crippen molar-refractivity contribution in [2.24, 2.45) is 0 Å². The van der Waals surface area contributed by atoms with Gasteiger partial charge in [0.2, 0.25) is 0 Å². The highest BCUT2D eigenvalue weighted by molar-refractivity contribution is 6.04. The van der Waals surface area contributed by atoms with E-state index < -0.39 is 0 Å². The molecular formula is C24H29N5O. The van der Waals surface area contributed by atoms with Gasteiger partial charge in [0.15, 0.2) is 0 Å². The van der Waals surface area contributed by atoms with Crippen molar-refractivity contribution in [1.29, 1.82) is 0 Å². The zero-order valence-electron chi connectivity index (χ0n) is 17.9. The van der Waals surface area contributed by atoms with Gasteiger partial charge >= 0.3 is 0 Å². The van der Waals surface area contributed by atoms with E-state index in [4.69, 9.17) is 0 Å². The van der Waals surface area contributed by atoms with E-state index in [9.17, 15) is 4.79 Å². The quantitative estimate of drug-likeness (QED) is 0.702. The molecule has 1 fully saturated rings. The molecule has 1 aliphatic rings. The number of rotatable bonds is 5. The van der Waals surface area contributed by atoms with Gasteiger partial charge in [-0.1, -0.05) is 6.92 Å². The largest absolute Gasteiger partial charge is 0.369 e. The number of anilines is 2. The van der Waals surface area contributed by atoms with Crippen LogP contribution in [0.15, 0.2) is 54.7 Å². The van der Waals surface area contributed by atoms with Crippen LogP contribution in [-0.2, 0) is 0 Å². The molecule has 0 radical (unpaired) electrons. The topological polar surface area (TPSA) is 53.4 Å². The van der Waals surface area contributed by atoms with Crippen molar-refractivity contribution in [2.75, 3.05) is 42.9 Å². The SMILES string of the molecule is CCN1CCN(c2ccc(NC(=O)c3ccc(-n4nccc4C)cc3)c(C)c2)CC1. The second-order valence-corrected chi connectivity index (χ2v) is 7.81. The van der Waals surface area contributed by atoms with Gasteiger partial charge in [0.1, 0.15) is 0 Å². The van der Waals surface area contributed by atoms with E-state index in [-0.39, 0.29) is 5.91 Å². The summed E-state index contributed by atoms with van der Waals surface area (Å²) in [5, 5.41) is 7.36. The Morgan fingerprint density at radius 2 is 1.67 bits per heavy atom. The van der Waals surface area contributed by atoms with E-state index in [0.717, 1.165) is 55.4 Å². The predicted molar refractivity (Wildman–Crippen MR) is 122 cm³/mol. The number of carbonyl (C=O) groups excluding carboxylic acids is 1. The van der Waals surface area contributed by atoms with Crippen molar-refractivity contribution in [2.45, 2.75) is 20.8 Å². The third-order valence-electron chi connectivity index (χ3n) is 5.85. The number of hydrogen-bond acceptors (Lipinski definition) is 4. The first-order chi connectivity index (χ1) is 14.5. The molecule has 0 spiro atoms. The third-order valence-corrected chi connectivity index (χ3v) is 5.85. The molecule has 1 amide bonds. The molecule has 0 aliphatic carbocycles. The van der Waals surface area contributed by atoms with Gasteiger partial charge in [-0.2, -0.15) is 5.10 Å². The molecule has 0 atom stereocenters. The summed E-state index contributed by atoms with van der Waals surface area (Å²) in [6.45, 7) is 11.7. The Morgan fingerprint density at radius 1 is 0.967 bits per heavy atom. The Hall–Kier alpha value is -3.12. The Morgan fingerprint density at radius 3 is 2.27 bits per heavy atom. The van der Waals surface area contributed by atoms with Gasteiger partial charge in [0, 0.05) is 55.0 Å². The summed E-state index contributed by atoms with van der Waals surface area (Å²) in [5.41, 5.74) is 5.77. The number of piperazine rings is 1. The van der Waals surface area contributed by atoms with Crippen molar-refractivity contribution in [3.05, 3.63) is 71.5 Å². The van der Waals surface area contributed by atoms with E-state index in [1.54, 1.807) is 6.20 Å². The second-order valence-electron chi connectivity index (χ2n) is 7.81. The van der Waals surface area contributed by atoms with Crippen molar-refractivity contribution >= 4 is 17.3 Å². The number of hydrogen-bond donors (Lipinski definition) is 1. The predicted octanol–water partition coefficient (Wildman–Crippen LogP) is 3.88. The lowest BCUT2D eigenvalue weighted by molar-refractivity contribution is 0.102. The fourth-order valence-corrected chi connectivity index (χ4v) is 3.90. The molecule has 0 unspecified atom stereocenters. The van der Waals surface area contributed by atoms with Gasteiger partial charge < -0.3 is 15.1 Å². The second kappa shape index (κ2) is 8.71. The van der Waals surface area contributed by atoms with Gasteiger partial charge in [-0.15, -0.1) is 0 Å². The highest BCUT2D eigenvalue weighted by Gasteiger charge is 2.17. The number of aromatic nitrogens is 2. The number of aryl methyl sites for hydroxylation is 2. The molecule has 2 heterocycles. The summed E-state index contributed by atoms with van der Waals surface area (Å²) >= 11 is 0. The normalized spacial score (nSPS) is 14.7. The van der Waals surface area contributed by atoms with Crippen molar-refractivity contribution in [3.63, 3.8) is 0 Å². The van der Waals surface area contributed by atoms with E-state index in [1.165, 1.54) is 5.69 Å². The van der Waals surface area contributed by atoms with Crippen molar-refractivity contribution < 1.29 is 4.79 Å². The molecule has 4 rings (SSSR count). The maximum Gasteiger partial charge on any atom is 0.255 e. The van der Waals surface area contributed by atoms with E-state index in [1.807, 2.05) is 54.9 Å². The summed E-state index contributed by atoms with van der Waals surface area (Å²) in [7, 11) is 0. The minimum Gasteiger partial charge on any atom is -0.369 e. The first kappa shape index (κ1) is 20.2. The van der Waals surface area contributed by atoms with Crippen LogP contribution in [0.25, 0.3) is 5.69 Å². The monoisotopic (exact) mass is 403 g/mol. The van der Waals surface area contributed by atoms with Crippen molar-refractivity contribution in [1.82, 2.24) is 14.7 Å².